The molecule has 0 atom stereocenters. The van der Waals surface area contributed by atoms with Crippen LogP contribution < -0.4 is 5.56 Å². The van der Waals surface area contributed by atoms with Gasteiger partial charge in [0.05, 0.1) is 16.7 Å². The molecule has 0 fully saturated rings. The molecule has 0 aliphatic carbocycles. The van der Waals surface area contributed by atoms with E-state index in [4.69, 9.17) is 0 Å². The van der Waals surface area contributed by atoms with E-state index in [9.17, 15) is 4.79 Å². The summed E-state index contributed by atoms with van der Waals surface area (Å²) in [5.41, 5.74) is 0.854. The van der Waals surface area contributed by atoms with Crippen molar-refractivity contribution in [1.82, 2.24) is 19.2 Å². The van der Waals surface area contributed by atoms with E-state index in [0.29, 0.717) is 23.5 Å². The van der Waals surface area contributed by atoms with Crippen LogP contribution in [-0.4, -0.2) is 24.9 Å². The SMILES string of the molecule is CC#CCSc1nnc2n(CCCCC)c(=O)c3ccccc3n12. The lowest BCUT2D eigenvalue weighted by Gasteiger charge is -2.10. The minimum absolute atomic E-state index is 0.00602. The lowest BCUT2D eigenvalue weighted by atomic mass is 10.2. The molecular weight excluding hydrogens is 320 g/mol. The molecule has 5 nitrogen and oxygen atoms in total. The van der Waals surface area contributed by atoms with E-state index < -0.39 is 0 Å². The minimum Gasteiger partial charge on any atom is -0.276 e. The maximum atomic E-state index is 12.9. The highest BCUT2D eigenvalue weighted by Crippen LogP contribution is 2.21. The highest BCUT2D eigenvalue weighted by Gasteiger charge is 2.16. The highest BCUT2D eigenvalue weighted by molar-refractivity contribution is 7.99. The fourth-order valence-electron chi connectivity index (χ4n) is 2.72. The van der Waals surface area contributed by atoms with Gasteiger partial charge in [-0.15, -0.1) is 16.1 Å². The number of thioether (sulfide) groups is 1. The molecule has 24 heavy (non-hydrogen) atoms. The van der Waals surface area contributed by atoms with Gasteiger partial charge in [0.25, 0.3) is 5.56 Å². The zero-order valence-electron chi connectivity index (χ0n) is 14.0. The van der Waals surface area contributed by atoms with Gasteiger partial charge in [-0.3, -0.25) is 13.8 Å². The molecule has 0 saturated carbocycles. The fourth-order valence-corrected chi connectivity index (χ4v) is 3.47. The largest absolute Gasteiger partial charge is 0.276 e. The molecule has 0 N–H and O–H groups in total. The summed E-state index contributed by atoms with van der Waals surface area (Å²) in [6, 6.07) is 7.64. The van der Waals surface area contributed by atoms with Crippen LogP contribution in [0.25, 0.3) is 16.7 Å². The van der Waals surface area contributed by atoms with E-state index in [0.717, 1.165) is 29.9 Å². The highest BCUT2D eigenvalue weighted by atomic mass is 32.2. The van der Waals surface area contributed by atoms with Gasteiger partial charge in [0.1, 0.15) is 0 Å². The van der Waals surface area contributed by atoms with E-state index >= 15 is 0 Å². The molecule has 6 heteroatoms. The maximum Gasteiger partial charge on any atom is 0.262 e. The molecule has 0 spiro atoms. The average molecular weight is 340 g/mol. The molecule has 0 aliphatic rings. The van der Waals surface area contributed by atoms with Crippen molar-refractivity contribution in [3.8, 4) is 11.8 Å². The maximum absolute atomic E-state index is 12.9. The Morgan fingerprint density at radius 2 is 2.04 bits per heavy atom. The number of hydrogen-bond donors (Lipinski definition) is 0. The number of benzene rings is 1. The molecule has 3 aromatic rings. The third kappa shape index (κ3) is 3.04. The van der Waals surface area contributed by atoms with Crippen LogP contribution in [0, 0.1) is 11.8 Å². The molecule has 0 bridgehead atoms. The Hall–Kier alpha value is -2.26. The predicted octanol–water partition coefficient (Wildman–Crippen LogP) is 3.35. The predicted molar refractivity (Wildman–Crippen MR) is 98.5 cm³/mol. The number of hydrogen-bond acceptors (Lipinski definition) is 4. The molecule has 0 radical (unpaired) electrons. The van der Waals surface area contributed by atoms with Gasteiger partial charge in [0, 0.05) is 6.54 Å². The monoisotopic (exact) mass is 340 g/mol. The summed E-state index contributed by atoms with van der Waals surface area (Å²) in [6.07, 6.45) is 3.16. The number of aryl methyl sites for hydroxylation is 1. The van der Waals surface area contributed by atoms with Crippen LogP contribution in [0.3, 0.4) is 0 Å². The second-order valence-electron chi connectivity index (χ2n) is 5.51. The average Bonchev–Trinajstić information content (AvgIpc) is 3.02. The van der Waals surface area contributed by atoms with Crippen molar-refractivity contribution in [3.05, 3.63) is 34.6 Å². The van der Waals surface area contributed by atoms with Crippen molar-refractivity contribution in [3.63, 3.8) is 0 Å². The molecule has 0 unspecified atom stereocenters. The first kappa shape index (κ1) is 16.6. The van der Waals surface area contributed by atoms with E-state index in [1.54, 1.807) is 4.57 Å². The van der Waals surface area contributed by atoms with Crippen LogP contribution in [-0.2, 0) is 6.54 Å². The van der Waals surface area contributed by atoms with E-state index in [2.05, 4.69) is 29.0 Å². The van der Waals surface area contributed by atoms with Crippen molar-refractivity contribution in [1.29, 1.82) is 0 Å². The molecule has 1 aromatic carbocycles. The summed E-state index contributed by atoms with van der Waals surface area (Å²) in [5, 5.41) is 10.1. The summed E-state index contributed by atoms with van der Waals surface area (Å²) < 4.78 is 3.73. The van der Waals surface area contributed by atoms with Crippen molar-refractivity contribution >= 4 is 28.4 Å². The van der Waals surface area contributed by atoms with Gasteiger partial charge in [-0.05, 0) is 25.5 Å². The van der Waals surface area contributed by atoms with Crippen molar-refractivity contribution < 1.29 is 0 Å². The number of rotatable bonds is 6. The lowest BCUT2D eigenvalue weighted by Crippen LogP contribution is -2.23. The Balaban J connectivity index is 2.20. The molecule has 0 saturated heterocycles. The minimum atomic E-state index is 0.00602. The van der Waals surface area contributed by atoms with E-state index in [1.165, 1.54) is 11.8 Å². The first-order chi connectivity index (χ1) is 11.8. The van der Waals surface area contributed by atoms with Gasteiger partial charge in [-0.2, -0.15) is 0 Å². The van der Waals surface area contributed by atoms with Gasteiger partial charge < -0.3 is 0 Å². The molecule has 0 amide bonds. The van der Waals surface area contributed by atoms with Crippen LogP contribution >= 0.6 is 11.8 Å². The third-order valence-electron chi connectivity index (χ3n) is 3.91. The zero-order valence-corrected chi connectivity index (χ0v) is 14.8. The van der Waals surface area contributed by atoms with Gasteiger partial charge >= 0.3 is 0 Å². The molecule has 124 valence electrons. The van der Waals surface area contributed by atoms with Gasteiger partial charge in [-0.1, -0.05) is 49.6 Å². The number of nitrogens with zero attached hydrogens (tertiary/aromatic N) is 4. The number of aromatic nitrogens is 4. The quantitative estimate of drug-likeness (QED) is 0.392. The van der Waals surface area contributed by atoms with Gasteiger partial charge in [-0.25, -0.2) is 0 Å². The molecule has 3 rings (SSSR count). The third-order valence-corrected chi connectivity index (χ3v) is 4.72. The second-order valence-corrected chi connectivity index (χ2v) is 6.46. The van der Waals surface area contributed by atoms with Crippen LogP contribution in [0.2, 0.25) is 0 Å². The number of para-hydroxylation sites is 1. The Kier molecular flexibility index (Phi) is 5.21. The second kappa shape index (κ2) is 7.54. The Morgan fingerprint density at radius 1 is 1.21 bits per heavy atom. The lowest BCUT2D eigenvalue weighted by molar-refractivity contribution is 0.594. The first-order valence-electron chi connectivity index (χ1n) is 8.17. The van der Waals surface area contributed by atoms with Crippen LogP contribution in [0.15, 0.2) is 34.2 Å². The van der Waals surface area contributed by atoms with Crippen LogP contribution in [0.5, 0.6) is 0 Å². The normalized spacial score (nSPS) is 10.9. The van der Waals surface area contributed by atoms with Gasteiger partial charge in [0.15, 0.2) is 5.16 Å². The molecular formula is C18H20N4OS. The molecule has 0 aliphatic heterocycles. The Bertz CT molecular complexity index is 977. The van der Waals surface area contributed by atoms with E-state index in [1.807, 2.05) is 35.6 Å². The Labute approximate surface area is 145 Å². The fraction of sp³-hybridized carbons (Fsp3) is 0.389. The first-order valence-corrected chi connectivity index (χ1v) is 9.15. The summed E-state index contributed by atoms with van der Waals surface area (Å²) in [5.74, 6) is 7.18. The van der Waals surface area contributed by atoms with Crippen LogP contribution in [0.4, 0.5) is 0 Å². The number of fused-ring (bicyclic) bond motifs is 3. The smallest absolute Gasteiger partial charge is 0.262 e. The van der Waals surface area contributed by atoms with Crippen molar-refractivity contribution in [2.24, 2.45) is 0 Å². The zero-order chi connectivity index (χ0) is 16.9. The summed E-state index contributed by atoms with van der Waals surface area (Å²) in [4.78, 5) is 12.9. The van der Waals surface area contributed by atoms with Crippen LogP contribution in [0.1, 0.15) is 33.1 Å². The summed E-state index contributed by atoms with van der Waals surface area (Å²) in [7, 11) is 0. The molecule has 2 aromatic heterocycles. The van der Waals surface area contributed by atoms with E-state index in [-0.39, 0.29) is 5.56 Å². The van der Waals surface area contributed by atoms with Gasteiger partial charge in [0.2, 0.25) is 5.78 Å². The topological polar surface area (TPSA) is 52.2 Å². The standard InChI is InChI=1S/C18H20N4OS/c1-3-5-9-12-21-16(23)14-10-7-8-11-15(14)22-17(21)19-20-18(22)24-13-6-4-2/h7-8,10-11H,3,5,9,12-13H2,1-2H3. The Morgan fingerprint density at radius 3 is 2.83 bits per heavy atom. The van der Waals surface area contributed by atoms with Crippen molar-refractivity contribution in [2.45, 2.75) is 44.8 Å². The van der Waals surface area contributed by atoms with Crippen molar-refractivity contribution in [2.75, 3.05) is 5.75 Å². The summed E-state index contributed by atoms with van der Waals surface area (Å²) in [6.45, 7) is 4.64. The molecule has 2 heterocycles. The summed E-state index contributed by atoms with van der Waals surface area (Å²) >= 11 is 1.54. The number of unbranched alkanes of at least 4 members (excludes halogenated alkanes) is 2.